The molecule has 8 heavy (non-hydrogen) atoms. The molecule has 6 heteroatoms. The molecule has 0 aliphatic carbocycles. The minimum absolute atomic E-state index is 0. The zero-order valence-electron chi connectivity index (χ0n) is 3.89. The van der Waals surface area contributed by atoms with Crippen LogP contribution in [-0.2, 0) is 0 Å². The van der Waals surface area contributed by atoms with Crippen molar-refractivity contribution in [1.29, 1.82) is 10.5 Å². The Balaban J connectivity index is -0.00000000750. The quantitative estimate of drug-likeness (QED) is 0.304. The van der Waals surface area contributed by atoms with Crippen LogP contribution in [0.3, 0.4) is 0 Å². The normalized spacial score (nSPS) is 1.25. The van der Waals surface area contributed by atoms with E-state index in [2.05, 4.69) is 0 Å². The van der Waals surface area contributed by atoms with E-state index in [9.17, 15) is 0 Å². The molecule has 0 saturated carbocycles. The van der Waals surface area contributed by atoms with E-state index < -0.39 is 0 Å². The minimum Gasteiger partial charge on any atom is -0.181 e. The van der Waals surface area contributed by atoms with Gasteiger partial charge >= 0.3 is 59.1 Å². The fourth-order valence-corrected chi connectivity index (χ4v) is 0. The van der Waals surface area contributed by atoms with E-state index in [1.54, 1.807) is 0 Å². The van der Waals surface area contributed by atoms with Gasteiger partial charge in [0.25, 0.3) is 0 Å². The van der Waals surface area contributed by atoms with E-state index in [1.165, 1.54) is 12.1 Å². The van der Waals surface area contributed by atoms with Gasteiger partial charge in [-0.2, -0.15) is 10.5 Å². The molecule has 0 aromatic carbocycles. The number of nitriles is 2. The smallest absolute Gasteiger partial charge is 0.181 e. The summed E-state index contributed by atoms with van der Waals surface area (Å²) >= 11 is 0. The summed E-state index contributed by atoms with van der Waals surface area (Å²) in [6.07, 6.45) is 0. The molecule has 0 spiro atoms. The van der Waals surface area contributed by atoms with Gasteiger partial charge in [-0.15, -0.1) is 0 Å². The third-order valence-corrected chi connectivity index (χ3v) is 0.0500. The summed E-state index contributed by atoms with van der Waals surface area (Å²) in [5.74, 6) is 0. The fourth-order valence-electron chi connectivity index (χ4n) is 0. The van der Waals surface area contributed by atoms with Crippen LogP contribution in [0.25, 0.3) is 0 Å². The van der Waals surface area contributed by atoms with Crippen molar-refractivity contribution in [2.45, 2.75) is 0 Å². The predicted octanol–water partition coefficient (Wildman–Crippen LogP) is -8.86. The molecule has 0 amide bonds. The van der Waals surface area contributed by atoms with Crippen LogP contribution in [-0.4, -0.2) is 16.8 Å². The molecule has 0 aliphatic rings. The second-order valence-corrected chi connectivity index (χ2v) is 0.224. The summed E-state index contributed by atoms with van der Waals surface area (Å²) in [7, 11) is 0. The van der Waals surface area contributed by atoms with Crippen LogP contribution in [0.2, 0.25) is 0 Å². The van der Waals surface area contributed by atoms with Gasteiger partial charge in [0.15, 0.2) is 12.1 Å². The van der Waals surface area contributed by atoms with Crippen LogP contribution < -0.4 is 59.1 Å². The SMILES string of the molecule is N#CC#N.[BH4-].[BH4-].[Na+].[Na+]. The first-order valence-corrected chi connectivity index (χ1v) is 0.697. The Labute approximate surface area is 97.4 Å². The first kappa shape index (κ1) is 35.5. The Morgan fingerprint density at radius 2 is 0.875 bits per heavy atom. The van der Waals surface area contributed by atoms with Gasteiger partial charge in [-0.3, -0.25) is 0 Å². The van der Waals surface area contributed by atoms with Crippen molar-refractivity contribution in [3.63, 3.8) is 0 Å². The molecule has 0 aliphatic heterocycles. The van der Waals surface area contributed by atoms with Crippen molar-refractivity contribution in [2.75, 3.05) is 0 Å². The topological polar surface area (TPSA) is 47.6 Å². The fraction of sp³-hybridized carbons (Fsp3) is 0. The summed E-state index contributed by atoms with van der Waals surface area (Å²) in [5.41, 5.74) is 0. The van der Waals surface area contributed by atoms with Crippen molar-refractivity contribution in [3.05, 3.63) is 0 Å². The Bertz CT molecular complexity index is 71.0. The molecule has 0 fully saturated rings. The van der Waals surface area contributed by atoms with Gasteiger partial charge in [0, 0.05) is 0 Å². The first-order chi connectivity index (χ1) is 1.91. The summed E-state index contributed by atoms with van der Waals surface area (Å²) in [4.78, 5) is 0. The van der Waals surface area contributed by atoms with Crippen molar-refractivity contribution in [1.82, 2.24) is 0 Å². The van der Waals surface area contributed by atoms with Crippen molar-refractivity contribution >= 4 is 16.8 Å². The molecule has 0 radical (unpaired) electrons. The number of hydrogen-bond acceptors (Lipinski definition) is 2. The summed E-state index contributed by atoms with van der Waals surface area (Å²) in [5, 5.41) is 14.5. The monoisotopic (exact) mass is 128 g/mol. The van der Waals surface area contributed by atoms with Crippen LogP contribution in [0.5, 0.6) is 0 Å². The molecule has 0 unspecified atom stereocenters. The molecule has 34 valence electrons. The Morgan fingerprint density at radius 3 is 0.875 bits per heavy atom. The van der Waals surface area contributed by atoms with Crippen LogP contribution >= 0.6 is 0 Å². The maximum atomic E-state index is 7.26. The molecule has 0 heterocycles. The van der Waals surface area contributed by atoms with Crippen molar-refractivity contribution in [2.24, 2.45) is 0 Å². The molecular formula is C2H8B2N2Na2. The van der Waals surface area contributed by atoms with E-state index in [1.807, 2.05) is 0 Å². The van der Waals surface area contributed by atoms with Crippen LogP contribution in [0, 0.1) is 22.7 Å². The maximum absolute atomic E-state index is 7.26. The summed E-state index contributed by atoms with van der Waals surface area (Å²) < 4.78 is 0. The zero-order valence-corrected chi connectivity index (χ0v) is 7.89. The van der Waals surface area contributed by atoms with Crippen molar-refractivity contribution < 1.29 is 59.1 Å². The van der Waals surface area contributed by atoms with Gasteiger partial charge in [0.05, 0.1) is 0 Å². The molecule has 0 saturated heterocycles. The number of nitrogens with zero attached hydrogens (tertiary/aromatic N) is 2. The molecule has 0 bridgehead atoms. The Morgan fingerprint density at radius 1 is 0.750 bits per heavy atom. The second kappa shape index (κ2) is 42.4. The van der Waals surface area contributed by atoms with Crippen LogP contribution in [0.4, 0.5) is 0 Å². The first-order valence-electron chi connectivity index (χ1n) is 0.697. The molecule has 2 nitrogen and oxygen atoms in total. The Kier molecular flexibility index (Phi) is 188. The van der Waals surface area contributed by atoms with Gasteiger partial charge < -0.3 is 0 Å². The summed E-state index contributed by atoms with van der Waals surface area (Å²) in [6, 6.07) is 2.47. The molecular weight excluding hydrogens is 120 g/mol. The number of hydrogen-bond donors (Lipinski definition) is 0. The van der Waals surface area contributed by atoms with E-state index in [0.29, 0.717) is 0 Å². The zero-order chi connectivity index (χ0) is 3.41. The molecule has 0 rings (SSSR count). The third kappa shape index (κ3) is 59.6. The molecule has 0 atom stereocenters. The third-order valence-electron chi connectivity index (χ3n) is 0.0500. The Hall–Kier alpha value is 1.11. The van der Waals surface area contributed by atoms with Gasteiger partial charge in [0.1, 0.15) is 0 Å². The minimum atomic E-state index is 0. The molecule has 0 aromatic rings. The largest absolute Gasteiger partial charge is 1.00 e. The van der Waals surface area contributed by atoms with E-state index in [4.69, 9.17) is 10.5 Å². The van der Waals surface area contributed by atoms with E-state index in [-0.39, 0.29) is 75.9 Å². The van der Waals surface area contributed by atoms with Gasteiger partial charge in [0.2, 0.25) is 0 Å². The van der Waals surface area contributed by atoms with Crippen LogP contribution in [0.1, 0.15) is 0 Å². The molecule has 0 N–H and O–H groups in total. The van der Waals surface area contributed by atoms with Crippen molar-refractivity contribution in [3.8, 4) is 12.1 Å². The maximum Gasteiger partial charge on any atom is 1.00 e. The van der Waals surface area contributed by atoms with Gasteiger partial charge in [-0.05, 0) is 0 Å². The average Bonchev–Trinajstić information content (AvgIpc) is 1.37. The average molecular weight is 128 g/mol. The predicted molar refractivity (Wildman–Crippen MR) is 33.9 cm³/mol. The van der Waals surface area contributed by atoms with Crippen LogP contribution in [0.15, 0.2) is 0 Å². The van der Waals surface area contributed by atoms with E-state index >= 15 is 0 Å². The van der Waals surface area contributed by atoms with Gasteiger partial charge in [-0.1, -0.05) is 16.8 Å². The molecule has 0 aromatic heterocycles. The van der Waals surface area contributed by atoms with Gasteiger partial charge in [-0.25, -0.2) is 0 Å². The number of rotatable bonds is 0. The standard InChI is InChI=1S/C2N2.2BH4.2Na/c3-1-2-4;;;;/h;2*1H4;;/q;2*-1;2*+1. The summed E-state index contributed by atoms with van der Waals surface area (Å²) in [6.45, 7) is 0. The van der Waals surface area contributed by atoms with E-state index in [0.717, 1.165) is 0 Å². The second-order valence-electron chi connectivity index (χ2n) is 0.224.